The van der Waals surface area contributed by atoms with Gasteiger partial charge in [0.15, 0.2) is 5.96 Å². The lowest BCUT2D eigenvalue weighted by molar-refractivity contribution is 0.578. The molecule has 2 unspecified atom stereocenters. The van der Waals surface area contributed by atoms with Crippen molar-refractivity contribution in [1.29, 1.82) is 0 Å². The lowest BCUT2D eigenvalue weighted by Gasteiger charge is -2.25. The average molecular weight is 297 g/mol. The standard InChI is InChI=1S/C14H23N3S2/c1-11(13-6-4-8-19-13)9-16-14(15-2)17-12-5-3-7-18-10-12/h4,6,8,11-12H,3,5,7,9-10H2,1-2H3,(H2,15,16,17). The van der Waals surface area contributed by atoms with Crippen LogP contribution in [-0.4, -0.2) is 37.1 Å². The lowest BCUT2D eigenvalue weighted by Crippen LogP contribution is -2.46. The topological polar surface area (TPSA) is 36.4 Å². The zero-order valence-corrected chi connectivity index (χ0v) is 13.3. The molecule has 2 N–H and O–H groups in total. The molecule has 0 spiro atoms. The number of rotatable bonds is 4. The van der Waals surface area contributed by atoms with Crippen LogP contribution in [0.3, 0.4) is 0 Å². The molecule has 1 aliphatic rings. The van der Waals surface area contributed by atoms with Crippen molar-refractivity contribution in [1.82, 2.24) is 10.6 Å². The molecule has 3 nitrogen and oxygen atoms in total. The van der Waals surface area contributed by atoms with Gasteiger partial charge in [-0.1, -0.05) is 13.0 Å². The fourth-order valence-corrected chi connectivity index (χ4v) is 4.02. The molecule has 0 aromatic carbocycles. The first kappa shape index (κ1) is 14.7. The number of thioether (sulfide) groups is 1. The molecular weight excluding hydrogens is 274 g/mol. The van der Waals surface area contributed by atoms with Crippen molar-refractivity contribution in [3.8, 4) is 0 Å². The van der Waals surface area contributed by atoms with Crippen molar-refractivity contribution in [3.63, 3.8) is 0 Å². The van der Waals surface area contributed by atoms with Gasteiger partial charge in [0.05, 0.1) is 0 Å². The minimum absolute atomic E-state index is 0.527. The van der Waals surface area contributed by atoms with Crippen LogP contribution in [0.15, 0.2) is 22.5 Å². The normalized spacial score (nSPS) is 22.0. The fraction of sp³-hybridized carbons (Fsp3) is 0.643. The molecule has 0 amide bonds. The van der Waals surface area contributed by atoms with Gasteiger partial charge in [-0.15, -0.1) is 11.3 Å². The van der Waals surface area contributed by atoms with Gasteiger partial charge in [-0.2, -0.15) is 11.8 Å². The SMILES string of the molecule is CN=C(NCC(C)c1cccs1)NC1CCCSC1. The van der Waals surface area contributed by atoms with Gasteiger partial charge in [0.1, 0.15) is 0 Å². The molecule has 2 rings (SSSR count). The first-order valence-electron chi connectivity index (χ1n) is 6.88. The number of thiophene rings is 1. The van der Waals surface area contributed by atoms with E-state index in [1.54, 1.807) is 0 Å². The van der Waals surface area contributed by atoms with Crippen LogP contribution in [0.1, 0.15) is 30.6 Å². The third kappa shape index (κ3) is 4.73. The smallest absolute Gasteiger partial charge is 0.191 e. The first-order valence-corrected chi connectivity index (χ1v) is 8.91. The van der Waals surface area contributed by atoms with E-state index in [1.165, 1.54) is 29.2 Å². The summed E-state index contributed by atoms with van der Waals surface area (Å²) >= 11 is 3.86. The maximum absolute atomic E-state index is 4.32. The average Bonchev–Trinajstić information content (AvgIpc) is 2.98. The van der Waals surface area contributed by atoms with Gasteiger partial charge in [-0.3, -0.25) is 4.99 Å². The molecule has 0 aliphatic carbocycles. The van der Waals surface area contributed by atoms with Crippen LogP contribution >= 0.6 is 23.1 Å². The van der Waals surface area contributed by atoms with Crippen molar-refractivity contribution >= 4 is 29.1 Å². The first-order chi connectivity index (χ1) is 9.29. The molecule has 1 aliphatic heterocycles. The van der Waals surface area contributed by atoms with E-state index in [9.17, 15) is 0 Å². The highest BCUT2D eigenvalue weighted by molar-refractivity contribution is 7.99. The summed E-state index contributed by atoms with van der Waals surface area (Å²) in [6.07, 6.45) is 2.57. The van der Waals surface area contributed by atoms with Gasteiger partial charge in [-0.05, 0) is 30.0 Å². The number of hydrogen-bond donors (Lipinski definition) is 2. The third-order valence-corrected chi connectivity index (χ3v) is 5.65. The number of guanidine groups is 1. The molecule has 106 valence electrons. The summed E-state index contributed by atoms with van der Waals surface area (Å²) in [5, 5.41) is 9.11. The van der Waals surface area contributed by atoms with Crippen molar-refractivity contribution < 1.29 is 0 Å². The van der Waals surface area contributed by atoms with Crippen molar-refractivity contribution in [3.05, 3.63) is 22.4 Å². The molecular formula is C14H23N3S2. The number of nitrogens with zero attached hydrogens (tertiary/aromatic N) is 1. The van der Waals surface area contributed by atoms with Crippen LogP contribution < -0.4 is 10.6 Å². The van der Waals surface area contributed by atoms with Gasteiger partial charge >= 0.3 is 0 Å². The van der Waals surface area contributed by atoms with E-state index >= 15 is 0 Å². The number of nitrogens with one attached hydrogen (secondary N) is 2. The summed E-state index contributed by atoms with van der Waals surface area (Å²) in [5.74, 6) is 3.97. The van der Waals surface area contributed by atoms with Crippen LogP contribution in [0.4, 0.5) is 0 Å². The van der Waals surface area contributed by atoms with E-state index in [-0.39, 0.29) is 0 Å². The van der Waals surface area contributed by atoms with Crippen LogP contribution in [0.25, 0.3) is 0 Å². The molecule has 1 aromatic rings. The molecule has 0 radical (unpaired) electrons. The Balaban J connectivity index is 1.76. The maximum Gasteiger partial charge on any atom is 0.191 e. The molecule has 2 atom stereocenters. The van der Waals surface area contributed by atoms with Crippen LogP contribution in [0, 0.1) is 0 Å². The van der Waals surface area contributed by atoms with Crippen molar-refractivity contribution in [2.75, 3.05) is 25.1 Å². The Kier molecular flexibility index (Phi) is 6.04. The zero-order chi connectivity index (χ0) is 13.5. The highest BCUT2D eigenvalue weighted by Gasteiger charge is 2.15. The molecule has 1 saturated heterocycles. The Labute approximate surface area is 124 Å². The number of aliphatic imine (C=N–C) groups is 1. The summed E-state index contributed by atoms with van der Waals surface area (Å²) < 4.78 is 0. The number of hydrogen-bond acceptors (Lipinski definition) is 3. The fourth-order valence-electron chi connectivity index (χ4n) is 2.16. The van der Waals surface area contributed by atoms with Gasteiger partial charge in [0.2, 0.25) is 0 Å². The van der Waals surface area contributed by atoms with E-state index in [0.29, 0.717) is 12.0 Å². The van der Waals surface area contributed by atoms with Gasteiger partial charge in [-0.25, -0.2) is 0 Å². The Morgan fingerprint density at radius 3 is 3.11 bits per heavy atom. The van der Waals surface area contributed by atoms with E-state index in [2.05, 4.69) is 40.1 Å². The largest absolute Gasteiger partial charge is 0.356 e. The summed E-state index contributed by atoms with van der Waals surface area (Å²) in [6.45, 7) is 3.18. The van der Waals surface area contributed by atoms with Crippen molar-refractivity contribution in [2.24, 2.45) is 4.99 Å². The summed E-state index contributed by atoms with van der Waals surface area (Å²) in [7, 11) is 1.85. The van der Waals surface area contributed by atoms with E-state index in [1.807, 2.05) is 30.1 Å². The van der Waals surface area contributed by atoms with Crippen molar-refractivity contribution in [2.45, 2.75) is 31.7 Å². The molecule has 1 aromatic heterocycles. The molecule has 0 saturated carbocycles. The lowest BCUT2D eigenvalue weighted by atomic mass is 10.1. The second-order valence-corrected chi connectivity index (χ2v) is 7.06. The minimum Gasteiger partial charge on any atom is -0.356 e. The second-order valence-electron chi connectivity index (χ2n) is 4.93. The van der Waals surface area contributed by atoms with E-state index < -0.39 is 0 Å². The minimum atomic E-state index is 0.527. The monoisotopic (exact) mass is 297 g/mol. The van der Waals surface area contributed by atoms with Crippen LogP contribution in [0.2, 0.25) is 0 Å². The zero-order valence-electron chi connectivity index (χ0n) is 11.7. The predicted molar refractivity (Wildman–Crippen MR) is 87.6 cm³/mol. The van der Waals surface area contributed by atoms with E-state index in [0.717, 1.165) is 12.5 Å². The molecule has 1 fully saturated rings. The summed E-state index contributed by atoms with van der Waals surface area (Å²) in [6, 6.07) is 4.88. The van der Waals surface area contributed by atoms with Gasteiger partial charge < -0.3 is 10.6 Å². The van der Waals surface area contributed by atoms with E-state index in [4.69, 9.17) is 0 Å². The Hall–Kier alpha value is -0.680. The Bertz CT molecular complexity index is 383. The summed E-state index contributed by atoms with van der Waals surface area (Å²) in [4.78, 5) is 5.75. The quantitative estimate of drug-likeness (QED) is 0.663. The maximum atomic E-state index is 4.32. The molecule has 19 heavy (non-hydrogen) atoms. The van der Waals surface area contributed by atoms with Crippen LogP contribution in [0.5, 0.6) is 0 Å². The highest BCUT2D eigenvalue weighted by atomic mass is 32.2. The molecule has 2 heterocycles. The van der Waals surface area contributed by atoms with Gasteiger partial charge in [0, 0.05) is 36.2 Å². The van der Waals surface area contributed by atoms with Crippen LogP contribution in [-0.2, 0) is 0 Å². The predicted octanol–water partition coefficient (Wildman–Crippen LogP) is 2.91. The Morgan fingerprint density at radius 1 is 1.58 bits per heavy atom. The third-order valence-electron chi connectivity index (χ3n) is 3.33. The second kappa shape index (κ2) is 7.80. The molecule has 0 bridgehead atoms. The highest BCUT2D eigenvalue weighted by Crippen LogP contribution is 2.20. The summed E-state index contributed by atoms with van der Waals surface area (Å²) in [5.41, 5.74) is 0. The Morgan fingerprint density at radius 2 is 2.47 bits per heavy atom. The molecule has 5 heteroatoms. The van der Waals surface area contributed by atoms with Gasteiger partial charge in [0.25, 0.3) is 0 Å².